The minimum Gasteiger partial charge on any atom is -0.508 e. The maximum atomic E-state index is 9.39. The van der Waals surface area contributed by atoms with E-state index in [1.807, 2.05) is 12.1 Å². The summed E-state index contributed by atoms with van der Waals surface area (Å²) in [5, 5.41) is 13.6. The fraction of sp³-hybridized carbons (Fsp3) is 0.316. The van der Waals surface area contributed by atoms with Crippen LogP contribution in [0.1, 0.15) is 11.1 Å². The van der Waals surface area contributed by atoms with E-state index in [4.69, 9.17) is 12.2 Å². The van der Waals surface area contributed by atoms with Crippen LogP contribution in [0.2, 0.25) is 0 Å². The molecule has 126 valence electrons. The molecule has 5 heteroatoms. The number of phenolic OH excluding ortho intramolecular Hbond substituents is 1. The van der Waals surface area contributed by atoms with Gasteiger partial charge >= 0.3 is 0 Å². The number of phenols is 1. The maximum Gasteiger partial charge on any atom is 0.169 e. The molecular weight excluding hydrogens is 318 g/mol. The zero-order valence-electron chi connectivity index (χ0n) is 13.9. The van der Waals surface area contributed by atoms with E-state index >= 15 is 0 Å². The summed E-state index contributed by atoms with van der Waals surface area (Å²) in [5.74, 6) is 0.305. The highest BCUT2D eigenvalue weighted by atomic mass is 32.1. The molecule has 1 saturated heterocycles. The Morgan fingerprint density at radius 2 is 1.62 bits per heavy atom. The minimum atomic E-state index is 0.305. The van der Waals surface area contributed by atoms with Crippen molar-refractivity contribution < 1.29 is 5.11 Å². The second-order valence-electron chi connectivity index (χ2n) is 6.13. The molecule has 1 aliphatic heterocycles. The van der Waals surface area contributed by atoms with Gasteiger partial charge in [0.25, 0.3) is 0 Å². The van der Waals surface area contributed by atoms with Crippen LogP contribution in [0.25, 0.3) is 0 Å². The number of benzene rings is 2. The lowest BCUT2D eigenvalue weighted by Crippen LogP contribution is -2.51. The number of aryl methyl sites for hydroxylation is 1. The molecule has 0 bridgehead atoms. The van der Waals surface area contributed by atoms with Crippen LogP contribution >= 0.6 is 12.2 Å². The average molecular weight is 341 g/mol. The highest BCUT2D eigenvalue weighted by molar-refractivity contribution is 7.80. The van der Waals surface area contributed by atoms with Crippen LogP contribution in [0.3, 0.4) is 0 Å². The maximum absolute atomic E-state index is 9.39. The average Bonchev–Trinajstić information content (AvgIpc) is 2.62. The first-order valence-electron chi connectivity index (χ1n) is 8.24. The van der Waals surface area contributed by atoms with Crippen molar-refractivity contribution in [1.29, 1.82) is 0 Å². The van der Waals surface area contributed by atoms with Crippen LogP contribution in [0, 0.1) is 6.92 Å². The highest BCUT2D eigenvalue weighted by Gasteiger charge is 2.19. The summed E-state index contributed by atoms with van der Waals surface area (Å²) in [7, 11) is 0. The Labute approximate surface area is 148 Å². The topological polar surface area (TPSA) is 38.7 Å². The van der Waals surface area contributed by atoms with Crippen molar-refractivity contribution in [2.75, 3.05) is 31.1 Å². The number of thiocarbonyl (C=S) groups is 1. The quantitative estimate of drug-likeness (QED) is 0.840. The third kappa shape index (κ3) is 4.17. The summed E-state index contributed by atoms with van der Waals surface area (Å²) in [6.07, 6.45) is 0. The van der Waals surface area contributed by atoms with Gasteiger partial charge in [-0.2, -0.15) is 0 Å². The van der Waals surface area contributed by atoms with Crippen molar-refractivity contribution >= 4 is 23.0 Å². The SMILES string of the molecule is Cc1ccc(CNC(=S)N2CCN(c3ccc(O)cc3)CC2)cc1. The molecule has 3 rings (SSSR count). The van der Waals surface area contributed by atoms with Gasteiger partial charge in [0, 0.05) is 38.4 Å². The summed E-state index contributed by atoms with van der Waals surface area (Å²) in [4.78, 5) is 4.54. The number of nitrogens with one attached hydrogen (secondary N) is 1. The monoisotopic (exact) mass is 341 g/mol. The number of piperazine rings is 1. The molecule has 0 amide bonds. The van der Waals surface area contributed by atoms with Gasteiger partial charge in [0.1, 0.15) is 5.75 Å². The molecule has 1 fully saturated rings. The number of hydrogen-bond donors (Lipinski definition) is 2. The summed E-state index contributed by atoms with van der Waals surface area (Å²) in [6, 6.07) is 15.9. The van der Waals surface area contributed by atoms with E-state index in [1.54, 1.807) is 12.1 Å². The van der Waals surface area contributed by atoms with E-state index < -0.39 is 0 Å². The van der Waals surface area contributed by atoms with Crippen molar-refractivity contribution in [2.45, 2.75) is 13.5 Å². The van der Waals surface area contributed by atoms with Crippen LogP contribution in [-0.2, 0) is 6.54 Å². The van der Waals surface area contributed by atoms with Gasteiger partial charge in [0.2, 0.25) is 0 Å². The van der Waals surface area contributed by atoms with Crippen LogP contribution in [0.15, 0.2) is 48.5 Å². The van der Waals surface area contributed by atoms with Crippen molar-refractivity contribution in [1.82, 2.24) is 10.2 Å². The number of anilines is 1. The Bertz CT molecular complexity index is 677. The van der Waals surface area contributed by atoms with Crippen molar-refractivity contribution in [3.05, 3.63) is 59.7 Å². The lowest BCUT2D eigenvalue weighted by molar-refractivity contribution is 0.380. The lowest BCUT2D eigenvalue weighted by atomic mass is 10.1. The molecule has 2 N–H and O–H groups in total. The molecule has 2 aromatic rings. The third-order valence-electron chi connectivity index (χ3n) is 4.35. The Morgan fingerprint density at radius 1 is 1.00 bits per heavy atom. The predicted octanol–water partition coefficient (Wildman–Crippen LogP) is 2.90. The molecule has 0 saturated carbocycles. The molecule has 0 radical (unpaired) electrons. The molecule has 1 heterocycles. The van der Waals surface area contributed by atoms with E-state index in [0.717, 1.165) is 43.5 Å². The molecular formula is C19H23N3OS. The van der Waals surface area contributed by atoms with Gasteiger partial charge in [-0.05, 0) is 49.0 Å². The van der Waals surface area contributed by atoms with Gasteiger partial charge in [-0.1, -0.05) is 29.8 Å². The number of rotatable bonds is 3. The van der Waals surface area contributed by atoms with Crippen LogP contribution in [0.5, 0.6) is 5.75 Å². The van der Waals surface area contributed by atoms with E-state index in [1.165, 1.54) is 11.1 Å². The second-order valence-corrected chi connectivity index (χ2v) is 6.52. The van der Waals surface area contributed by atoms with Gasteiger partial charge in [-0.3, -0.25) is 0 Å². The fourth-order valence-corrected chi connectivity index (χ4v) is 3.08. The van der Waals surface area contributed by atoms with Crippen LogP contribution < -0.4 is 10.2 Å². The smallest absolute Gasteiger partial charge is 0.169 e. The number of nitrogens with zero attached hydrogens (tertiary/aromatic N) is 2. The van der Waals surface area contributed by atoms with Crippen LogP contribution in [-0.4, -0.2) is 41.3 Å². The van der Waals surface area contributed by atoms with E-state index in [-0.39, 0.29) is 0 Å². The number of aromatic hydroxyl groups is 1. The van der Waals surface area contributed by atoms with E-state index in [9.17, 15) is 5.11 Å². The lowest BCUT2D eigenvalue weighted by Gasteiger charge is -2.37. The third-order valence-corrected chi connectivity index (χ3v) is 4.75. The molecule has 24 heavy (non-hydrogen) atoms. The molecule has 0 atom stereocenters. The summed E-state index contributed by atoms with van der Waals surface area (Å²) < 4.78 is 0. The van der Waals surface area contributed by atoms with Crippen molar-refractivity contribution in [3.8, 4) is 5.75 Å². The zero-order valence-corrected chi connectivity index (χ0v) is 14.7. The Morgan fingerprint density at radius 3 is 2.25 bits per heavy atom. The van der Waals surface area contributed by atoms with Crippen molar-refractivity contribution in [2.24, 2.45) is 0 Å². The first kappa shape index (κ1) is 16.6. The van der Waals surface area contributed by atoms with Crippen LogP contribution in [0.4, 0.5) is 5.69 Å². The number of hydrogen-bond acceptors (Lipinski definition) is 3. The molecule has 0 spiro atoms. The summed E-state index contributed by atoms with van der Waals surface area (Å²) in [5.41, 5.74) is 3.66. The summed E-state index contributed by atoms with van der Waals surface area (Å²) >= 11 is 5.53. The van der Waals surface area contributed by atoms with Crippen molar-refractivity contribution in [3.63, 3.8) is 0 Å². The molecule has 0 aromatic heterocycles. The predicted molar refractivity (Wildman–Crippen MR) is 103 cm³/mol. The molecule has 0 aliphatic carbocycles. The first-order chi connectivity index (χ1) is 11.6. The van der Waals surface area contributed by atoms with Gasteiger partial charge in [-0.15, -0.1) is 0 Å². The normalized spacial score (nSPS) is 14.5. The van der Waals surface area contributed by atoms with Gasteiger partial charge in [0.05, 0.1) is 0 Å². The van der Waals surface area contributed by atoms with Gasteiger partial charge in [0.15, 0.2) is 5.11 Å². The molecule has 1 aliphatic rings. The zero-order chi connectivity index (χ0) is 16.9. The Balaban J connectivity index is 1.48. The fourth-order valence-electron chi connectivity index (χ4n) is 2.83. The highest BCUT2D eigenvalue weighted by Crippen LogP contribution is 2.19. The van der Waals surface area contributed by atoms with Gasteiger partial charge < -0.3 is 20.2 Å². The minimum absolute atomic E-state index is 0.305. The van der Waals surface area contributed by atoms with E-state index in [0.29, 0.717) is 5.75 Å². The second kappa shape index (κ2) is 7.53. The largest absolute Gasteiger partial charge is 0.508 e. The Hall–Kier alpha value is -2.27. The first-order valence-corrected chi connectivity index (χ1v) is 8.65. The van der Waals surface area contributed by atoms with Gasteiger partial charge in [-0.25, -0.2) is 0 Å². The summed E-state index contributed by atoms with van der Waals surface area (Å²) in [6.45, 7) is 6.52. The molecule has 2 aromatic carbocycles. The molecule has 4 nitrogen and oxygen atoms in total. The Kier molecular flexibility index (Phi) is 5.20. The van der Waals surface area contributed by atoms with E-state index in [2.05, 4.69) is 46.3 Å². The molecule has 0 unspecified atom stereocenters. The standard InChI is InChI=1S/C19H23N3OS/c1-15-2-4-16(5-3-15)14-20-19(24)22-12-10-21(11-13-22)17-6-8-18(23)9-7-17/h2-9,23H,10-14H2,1H3,(H,20,24).